The molecule has 0 radical (unpaired) electrons. The molecule has 312 valence electrons. The molecular weight excluding hydrogens is 835 g/mol. The van der Waals surface area contributed by atoms with E-state index in [-0.39, 0.29) is 0 Å². The maximum Gasteiger partial charge on any atom is 0.116 e. The number of benzene rings is 9. The standard InChI is InChI=1S/C61H37N5S/c1-3-15-39(16-4-1)58-59(40-17-5-2-6-18-40)64-61-57(62-37-50(60(61)63-58)38-27-31-42(32-28-38)65-51-23-11-7-19-44(51)45-20-8-12-24-52(45)65)41-29-33-43(34-30-41)66-53-25-13-9-21-46(53)48-35-49-47-22-10-14-26-55(47)67-56(49)36-54(48)66/h1-37H. The fourth-order valence-corrected chi connectivity index (χ4v) is 11.4. The molecule has 5 nitrogen and oxygen atoms in total. The highest BCUT2D eigenvalue weighted by molar-refractivity contribution is 7.25. The summed E-state index contributed by atoms with van der Waals surface area (Å²) in [7, 11) is 0. The molecule has 0 fully saturated rings. The lowest BCUT2D eigenvalue weighted by Crippen LogP contribution is -2.01. The molecule has 0 N–H and O–H groups in total. The Morgan fingerprint density at radius 1 is 0.313 bits per heavy atom. The Bertz CT molecular complexity index is 4190. The molecule has 9 aromatic carbocycles. The second-order valence-electron chi connectivity index (χ2n) is 17.2. The maximum absolute atomic E-state index is 5.59. The van der Waals surface area contributed by atoms with Gasteiger partial charge in [-0.1, -0.05) is 158 Å². The summed E-state index contributed by atoms with van der Waals surface area (Å²) in [5.74, 6) is 0. The Balaban J connectivity index is 0.948. The molecule has 0 unspecified atom stereocenters. The van der Waals surface area contributed by atoms with E-state index in [0.717, 1.165) is 67.3 Å². The van der Waals surface area contributed by atoms with Crippen LogP contribution < -0.4 is 0 Å². The van der Waals surface area contributed by atoms with Gasteiger partial charge in [0.2, 0.25) is 0 Å². The molecule has 0 bridgehead atoms. The Labute approximate surface area is 389 Å². The highest BCUT2D eigenvalue weighted by Gasteiger charge is 2.22. The summed E-state index contributed by atoms with van der Waals surface area (Å²) in [5, 5.41) is 7.58. The number of thiophene rings is 1. The van der Waals surface area contributed by atoms with Crippen LogP contribution in [0.1, 0.15) is 0 Å². The van der Waals surface area contributed by atoms with E-state index in [1.807, 2.05) is 29.7 Å². The van der Waals surface area contributed by atoms with Gasteiger partial charge in [0.05, 0.1) is 39.1 Å². The molecule has 6 heteroatoms. The first-order chi connectivity index (χ1) is 33.2. The van der Waals surface area contributed by atoms with E-state index in [1.54, 1.807) is 0 Å². The van der Waals surface area contributed by atoms with Gasteiger partial charge in [-0.3, -0.25) is 4.98 Å². The van der Waals surface area contributed by atoms with Crippen molar-refractivity contribution in [3.05, 3.63) is 225 Å². The monoisotopic (exact) mass is 871 g/mol. The van der Waals surface area contributed by atoms with Gasteiger partial charge in [-0.15, -0.1) is 11.3 Å². The molecule has 0 spiro atoms. The average Bonchev–Trinajstić information content (AvgIpc) is 4.05. The summed E-state index contributed by atoms with van der Waals surface area (Å²) in [6.45, 7) is 0. The third-order valence-electron chi connectivity index (χ3n) is 13.4. The predicted molar refractivity (Wildman–Crippen MR) is 281 cm³/mol. The highest BCUT2D eigenvalue weighted by atomic mass is 32.1. The lowest BCUT2D eigenvalue weighted by Gasteiger charge is -2.16. The summed E-state index contributed by atoms with van der Waals surface area (Å²) in [5.41, 5.74) is 15.8. The number of rotatable bonds is 6. The van der Waals surface area contributed by atoms with Crippen molar-refractivity contribution in [2.75, 3.05) is 0 Å². The van der Waals surface area contributed by atoms with Gasteiger partial charge >= 0.3 is 0 Å². The topological polar surface area (TPSA) is 48.5 Å². The number of aromatic nitrogens is 5. The molecule has 0 atom stereocenters. The van der Waals surface area contributed by atoms with Gasteiger partial charge in [0.25, 0.3) is 0 Å². The molecular formula is C61H37N5S. The van der Waals surface area contributed by atoms with Gasteiger partial charge in [0.15, 0.2) is 0 Å². The Morgan fingerprint density at radius 2 is 0.776 bits per heavy atom. The molecule has 14 rings (SSSR count). The number of para-hydroxylation sites is 3. The van der Waals surface area contributed by atoms with Crippen LogP contribution >= 0.6 is 11.3 Å². The normalized spacial score (nSPS) is 11.9. The molecule has 14 aromatic rings. The van der Waals surface area contributed by atoms with Crippen molar-refractivity contribution in [3.63, 3.8) is 0 Å². The zero-order valence-electron chi connectivity index (χ0n) is 36.0. The van der Waals surface area contributed by atoms with Gasteiger partial charge in [-0.25, -0.2) is 9.97 Å². The first-order valence-electron chi connectivity index (χ1n) is 22.6. The second kappa shape index (κ2) is 14.9. The van der Waals surface area contributed by atoms with Crippen molar-refractivity contribution in [3.8, 4) is 56.3 Å². The minimum atomic E-state index is 0.749. The zero-order valence-corrected chi connectivity index (χ0v) is 36.8. The molecule has 5 aromatic heterocycles. The van der Waals surface area contributed by atoms with Crippen LogP contribution in [0.15, 0.2) is 225 Å². The van der Waals surface area contributed by atoms with Crippen molar-refractivity contribution in [2.24, 2.45) is 0 Å². The number of hydrogen-bond acceptors (Lipinski definition) is 4. The van der Waals surface area contributed by atoms with E-state index in [2.05, 4.69) is 215 Å². The van der Waals surface area contributed by atoms with E-state index >= 15 is 0 Å². The molecule has 0 amide bonds. The number of nitrogens with zero attached hydrogens (tertiary/aromatic N) is 5. The summed E-state index contributed by atoms with van der Waals surface area (Å²) < 4.78 is 7.34. The van der Waals surface area contributed by atoms with Crippen LogP contribution in [0.4, 0.5) is 0 Å². The summed E-state index contributed by atoms with van der Waals surface area (Å²) in [4.78, 5) is 16.5. The van der Waals surface area contributed by atoms with Crippen molar-refractivity contribution in [2.45, 2.75) is 0 Å². The summed E-state index contributed by atoms with van der Waals surface area (Å²) >= 11 is 1.85. The van der Waals surface area contributed by atoms with Gasteiger partial charge in [-0.2, -0.15) is 0 Å². The van der Waals surface area contributed by atoms with Crippen molar-refractivity contribution in [1.82, 2.24) is 24.1 Å². The Kier molecular flexibility index (Phi) is 8.38. The number of hydrogen-bond donors (Lipinski definition) is 0. The van der Waals surface area contributed by atoms with Crippen molar-refractivity contribution < 1.29 is 0 Å². The average molecular weight is 872 g/mol. The van der Waals surface area contributed by atoms with Crippen LogP contribution in [0.3, 0.4) is 0 Å². The summed E-state index contributed by atoms with van der Waals surface area (Å²) in [6, 6.07) is 77.8. The van der Waals surface area contributed by atoms with Crippen LogP contribution in [0.25, 0.3) is 131 Å². The van der Waals surface area contributed by atoms with E-state index in [1.165, 1.54) is 63.8 Å². The molecule has 0 saturated heterocycles. The molecule has 0 aliphatic rings. The zero-order chi connectivity index (χ0) is 44.0. The number of pyridine rings is 1. The molecule has 0 saturated carbocycles. The van der Waals surface area contributed by atoms with E-state index in [9.17, 15) is 0 Å². The van der Waals surface area contributed by atoms with Crippen LogP contribution in [-0.2, 0) is 0 Å². The Hall–Kier alpha value is -8.71. The minimum Gasteiger partial charge on any atom is -0.309 e. The highest BCUT2D eigenvalue weighted by Crippen LogP contribution is 2.42. The lowest BCUT2D eigenvalue weighted by molar-refractivity contribution is 1.18. The third kappa shape index (κ3) is 5.90. The number of fused-ring (bicyclic) bond motifs is 10. The van der Waals surface area contributed by atoms with Gasteiger partial charge < -0.3 is 9.13 Å². The smallest absolute Gasteiger partial charge is 0.116 e. The quantitative estimate of drug-likeness (QED) is 0.167. The fraction of sp³-hybridized carbons (Fsp3) is 0. The molecule has 5 heterocycles. The van der Waals surface area contributed by atoms with E-state index < -0.39 is 0 Å². The molecule has 67 heavy (non-hydrogen) atoms. The lowest BCUT2D eigenvalue weighted by atomic mass is 9.99. The largest absolute Gasteiger partial charge is 0.309 e. The van der Waals surface area contributed by atoms with Gasteiger partial charge in [0, 0.05) is 81.5 Å². The van der Waals surface area contributed by atoms with E-state index in [4.69, 9.17) is 15.0 Å². The van der Waals surface area contributed by atoms with Crippen LogP contribution in [-0.4, -0.2) is 24.1 Å². The predicted octanol–water partition coefficient (Wildman–Crippen LogP) is 16.3. The Morgan fingerprint density at radius 3 is 1.37 bits per heavy atom. The fourth-order valence-electron chi connectivity index (χ4n) is 10.3. The molecule has 0 aliphatic carbocycles. The van der Waals surface area contributed by atoms with Crippen LogP contribution in [0.5, 0.6) is 0 Å². The van der Waals surface area contributed by atoms with Gasteiger partial charge in [0.1, 0.15) is 11.0 Å². The third-order valence-corrected chi connectivity index (χ3v) is 14.5. The SMILES string of the molecule is c1ccc(-c2nc3c(-c4ccc(-n5c6ccccc6c6ccccc65)cc4)cnc(-c4ccc(-n5c6ccccc6c6cc7c(cc65)sc5ccccc57)cc4)c3nc2-c2ccccc2)cc1. The first kappa shape index (κ1) is 37.6. The van der Waals surface area contributed by atoms with Crippen LogP contribution in [0, 0.1) is 0 Å². The van der Waals surface area contributed by atoms with Crippen molar-refractivity contribution >= 4 is 86.2 Å². The summed E-state index contributed by atoms with van der Waals surface area (Å²) in [6.07, 6.45) is 1.98. The first-order valence-corrected chi connectivity index (χ1v) is 23.4. The minimum absolute atomic E-state index is 0.749. The second-order valence-corrected chi connectivity index (χ2v) is 18.2. The van der Waals surface area contributed by atoms with Crippen molar-refractivity contribution in [1.29, 1.82) is 0 Å². The maximum atomic E-state index is 5.59. The van der Waals surface area contributed by atoms with E-state index in [0.29, 0.717) is 0 Å². The van der Waals surface area contributed by atoms with Crippen LogP contribution in [0.2, 0.25) is 0 Å². The van der Waals surface area contributed by atoms with Gasteiger partial charge in [-0.05, 0) is 66.2 Å². The molecule has 0 aliphatic heterocycles.